The summed E-state index contributed by atoms with van der Waals surface area (Å²) in [6.45, 7) is 6.85. The highest BCUT2D eigenvalue weighted by atomic mass is 19.1. The number of pyridine rings is 1. The van der Waals surface area contributed by atoms with Crippen LogP contribution in [0.15, 0.2) is 77.8 Å². The van der Waals surface area contributed by atoms with Gasteiger partial charge in [-0.1, -0.05) is 42.5 Å². The molecule has 0 amide bonds. The van der Waals surface area contributed by atoms with E-state index in [1.807, 2.05) is 54.4 Å². The molecule has 0 bridgehead atoms. The van der Waals surface area contributed by atoms with E-state index in [9.17, 15) is 14.9 Å². The number of nitrogens with zero attached hydrogens (tertiary/aromatic N) is 5. The van der Waals surface area contributed by atoms with Crippen molar-refractivity contribution in [3.63, 3.8) is 0 Å². The van der Waals surface area contributed by atoms with Crippen molar-refractivity contribution in [3.8, 4) is 35.1 Å². The molecule has 2 aliphatic rings. The second kappa shape index (κ2) is 18.6. The van der Waals surface area contributed by atoms with Gasteiger partial charge in [-0.25, -0.2) is 0 Å². The molecule has 6 rings (SSSR count). The zero-order chi connectivity index (χ0) is 40.5. The lowest BCUT2D eigenvalue weighted by molar-refractivity contribution is -0.155. The molecule has 0 spiro atoms. The van der Waals surface area contributed by atoms with Crippen LogP contribution in [-0.4, -0.2) is 73.6 Å². The van der Waals surface area contributed by atoms with E-state index in [0.29, 0.717) is 13.0 Å². The summed E-state index contributed by atoms with van der Waals surface area (Å²) >= 11 is 0. The van der Waals surface area contributed by atoms with Crippen molar-refractivity contribution < 1.29 is 42.1 Å². The Labute approximate surface area is 330 Å². The average Bonchev–Trinajstić information content (AvgIpc) is 3.66. The number of carbonyl (C=O) groups is 2. The van der Waals surface area contributed by atoms with E-state index in [4.69, 9.17) is 23.7 Å². The lowest BCUT2D eigenvalue weighted by atomic mass is 9.77. The highest BCUT2D eigenvalue weighted by Crippen LogP contribution is 2.44. The molecule has 1 aromatic heterocycles. The zero-order valence-electron chi connectivity index (χ0n) is 32.4. The number of hydrogen-bond acceptors (Lipinski definition) is 12. The number of rotatable bonds is 15. The quantitative estimate of drug-likeness (QED) is 0.109. The van der Waals surface area contributed by atoms with Crippen LogP contribution >= 0.6 is 0 Å². The van der Waals surface area contributed by atoms with Crippen molar-refractivity contribution in [1.82, 2.24) is 9.88 Å². The van der Waals surface area contributed by atoms with Crippen LogP contribution in [-0.2, 0) is 25.7 Å². The molecule has 298 valence electrons. The van der Waals surface area contributed by atoms with Crippen LogP contribution in [0.5, 0.6) is 29.0 Å². The monoisotopic (exact) mass is 781 g/mol. The van der Waals surface area contributed by atoms with Crippen LogP contribution in [0, 0.1) is 34.8 Å². The van der Waals surface area contributed by atoms with Crippen LogP contribution in [0.4, 0.5) is 14.5 Å². The van der Waals surface area contributed by atoms with Crippen molar-refractivity contribution in [2.75, 3.05) is 44.8 Å². The number of amidine groups is 1. The summed E-state index contributed by atoms with van der Waals surface area (Å²) in [5.74, 6) is -5.08. The molecule has 0 saturated heterocycles. The maximum absolute atomic E-state index is 17.1. The molecule has 0 radical (unpaired) electrons. The summed E-state index contributed by atoms with van der Waals surface area (Å²) in [5.41, 5.74) is 1.22. The largest absolute Gasteiger partial charge is 0.485 e. The third kappa shape index (κ3) is 9.26. The number of benzene rings is 3. The minimum Gasteiger partial charge on any atom is -0.485 e. The van der Waals surface area contributed by atoms with Gasteiger partial charge in [-0.05, 0) is 69.9 Å². The lowest BCUT2D eigenvalue weighted by Gasteiger charge is -2.41. The van der Waals surface area contributed by atoms with Crippen molar-refractivity contribution in [3.05, 3.63) is 101 Å². The third-order valence-electron chi connectivity index (χ3n) is 9.93. The highest BCUT2D eigenvalue weighted by molar-refractivity contribution is 5.99. The molecule has 57 heavy (non-hydrogen) atoms. The number of halogens is 2. The summed E-state index contributed by atoms with van der Waals surface area (Å²) in [4.78, 5) is 38.5. The van der Waals surface area contributed by atoms with Gasteiger partial charge < -0.3 is 33.5 Å². The first-order chi connectivity index (χ1) is 27.6. The van der Waals surface area contributed by atoms with Gasteiger partial charge in [0.05, 0.1) is 43.2 Å². The Bertz CT molecular complexity index is 2140. The van der Waals surface area contributed by atoms with Crippen molar-refractivity contribution in [1.29, 1.82) is 5.26 Å². The van der Waals surface area contributed by atoms with Crippen LogP contribution in [0.3, 0.4) is 0 Å². The molecule has 1 fully saturated rings. The average molecular weight is 782 g/mol. The summed E-state index contributed by atoms with van der Waals surface area (Å²) in [6, 6.07) is 21.9. The number of aliphatic imine (C=N–C) groups is 1. The van der Waals surface area contributed by atoms with Crippen LogP contribution in [0.25, 0.3) is 0 Å². The molecule has 3 aromatic carbocycles. The molecule has 12 nitrogen and oxygen atoms in total. The predicted octanol–water partition coefficient (Wildman–Crippen LogP) is 7.82. The van der Waals surface area contributed by atoms with E-state index < -0.39 is 58.9 Å². The van der Waals surface area contributed by atoms with E-state index in [2.05, 4.69) is 9.98 Å². The first-order valence-corrected chi connectivity index (χ1v) is 19.1. The number of hydrogen-bond donors (Lipinski definition) is 0. The summed E-state index contributed by atoms with van der Waals surface area (Å²) in [6.07, 6.45) is 0.590. The maximum atomic E-state index is 17.1. The fourth-order valence-electron chi connectivity index (χ4n) is 7.21. The van der Waals surface area contributed by atoms with Gasteiger partial charge in [-0.3, -0.25) is 14.6 Å². The molecule has 3 atom stereocenters. The number of likely N-dealkylation sites (N-methyl/N-ethyl adjacent to an activating group) is 1. The van der Waals surface area contributed by atoms with E-state index in [1.165, 1.54) is 23.1 Å². The number of esters is 2. The Morgan fingerprint density at radius 1 is 0.895 bits per heavy atom. The molecular formula is C43H45F2N5O7. The van der Waals surface area contributed by atoms with Gasteiger partial charge in [0, 0.05) is 37.8 Å². The standard InChI is InChI=1S/C43H45F2N5O7/c1-5-50(33-18-17-30(42(51)53-6-2)24-32(33)43(52)54-7-3)38-36(44)40(56-31-15-11-14-29(23-31)39-47-20-21-49(39)4)48-41(37(38)45)57-35-22-28(25-46)16-19-34(35)55-26-27-12-9-8-10-13-27/h8-16,19,22-23,30,32-33H,5-7,17-18,20-21,24,26H2,1-4H3. The fourth-order valence-corrected chi connectivity index (χ4v) is 7.21. The van der Waals surface area contributed by atoms with Crippen molar-refractivity contribution in [2.24, 2.45) is 16.8 Å². The second-order valence-corrected chi connectivity index (χ2v) is 13.6. The first-order valence-electron chi connectivity index (χ1n) is 19.1. The Morgan fingerprint density at radius 2 is 1.63 bits per heavy atom. The Hall–Kier alpha value is -6.23. The van der Waals surface area contributed by atoms with Gasteiger partial charge in [0.1, 0.15) is 23.9 Å². The Balaban J connectivity index is 1.44. The van der Waals surface area contributed by atoms with E-state index in [0.717, 1.165) is 23.5 Å². The summed E-state index contributed by atoms with van der Waals surface area (Å²) in [5, 5.41) is 9.74. The predicted molar refractivity (Wildman–Crippen MR) is 208 cm³/mol. The SMILES string of the molecule is CCOC(=O)C1CCC(N(CC)c2c(F)c(Oc3cccc(C4=NCCN4C)c3)nc(Oc3cc(C#N)ccc3OCc3ccccc3)c2F)C(C(=O)OCC)C1. The fraction of sp³-hybridized carbons (Fsp3) is 0.372. The molecule has 1 aliphatic heterocycles. The van der Waals surface area contributed by atoms with Gasteiger partial charge in [0.25, 0.3) is 11.8 Å². The topological polar surface area (TPSA) is 136 Å². The normalized spacial score (nSPS) is 17.6. The van der Waals surface area contributed by atoms with Gasteiger partial charge in [-0.15, -0.1) is 0 Å². The maximum Gasteiger partial charge on any atom is 0.311 e. The van der Waals surface area contributed by atoms with Gasteiger partial charge in [0.15, 0.2) is 11.5 Å². The number of aromatic nitrogens is 1. The number of ether oxygens (including phenoxy) is 5. The molecule has 0 N–H and O–H groups in total. The summed E-state index contributed by atoms with van der Waals surface area (Å²) < 4.78 is 63.2. The first kappa shape index (κ1) is 40.4. The lowest BCUT2D eigenvalue weighted by Crippen LogP contribution is -2.49. The minimum atomic E-state index is -1.18. The third-order valence-corrected chi connectivity index (χ3v) is 9.93. The Kier molecular flexibility index (Phi) is 13.2. The van der Waals surface area contributed by atoms with E-state index in [-0.39, 0.29) is 62.0 Å². The van der Waals surface area contributed by atoms with Gasteiger partial charge in [0.2, 0.25) is 11.6 Å². The van der Waals surface area contributed by atoms with Crippen LogP contribution in [0.2, 0.25) is 0 Å². The number of anilines is 1. The minimum absolute atomic E-state index is 0.0401. The summed E-state index contributed by atoms with van der Waals surface area (Å²) in [7, 11) is 1.92. The smallest absolute Gasteiger partial charge is 0.311 e. The number of carbonyl (C=O) groups excluding carboxylic acids is 2. The molecule has 4 aromatic rings. The molecule has 1 aliphatic carbocycles. The molecular weight excluding hydrogens is 736 g/mol. The Morgan fingerprint density at radius 3 is 2.32 bits per heavy atom. The van der Waals surface area contributed by atoms with Gasteiger partial charge in [-0.2, -0.15) is 19.0 Å². The van der Waals surface area contributed by atoms with Crippen molar-refractivity contribution in [2.45, 2.75) is 52.7 Å². The number of nitriles is 1. The van der Waals surface area contributed by atoms with Crippen molar-refractivity contribution >= 4 is 23.5 Å². The van der Waals surface area contributed by atoms with Crippen LogP contribution < -0.4 is 19.1 Å². The van der Waals surface area contributed by atoms with Crippen LogP contribution in [0.1, 0.15) is 56.7 Å². The van der Waals surface area contributed by atoms with E-state index >= 15 is 8.78 Å². The molecule has 3 unspecified atom stereocenters. The van der Waals surface area contributed by atoms with E-state index in [1.54, 1.807) is 39.0 Å². The second-order valence-electron chi connectivity index (χ2n) is 13.6. The molecule has 2 heterocycles. The van der Waals surface area contributed by atoms with Gasteiger partial charge >= 0.3 is 11.9 Å². The molecule has 14 heteroatoms. The highest BCUT2D eigenvalue weighted by Gasteiger charge is 2.44. The zero-order valence-corrected chi connectivity index (χ0v) is 32.4. The molecule has 1 saturated carbocycles.